The van der Waals surface area contributed by atoms with Crippen molar-refractivity contribution in [1.82, 2.24) is 5.32 Å². The van der Waals surface area contributed by atoms with Crippen molar-refractivity contribution in [3.63, 3.8) is 0 Å². The van der Waals surface area contributed by atoms with Crippen LogP contribution >= 0.6 is 0 Å². The molecule has 82 valence electrons. The number of nitrogens with two attached hydrogens (primary N) is 1. The van der Waals surface area contributed by atoms with Gasteiger partial charge in [-0.2, -0.15) is 0 Å². The molecule has 0 bridgehead atoms. The van der Waals surface area contributed by atoms with Crippen molar-refractivity contribution in [2.45, 2.75) is 12.8 Å². The zero-order valence-electron chi connectivity index (χ0n) is 9.51. The molecule has 0 fully saturated rings. The summed E-state index contributed by atoms with van der Waals surface area (Å²) in [6, 6.07) is 4.37. The number of hydrogen-bond acceptors (Lipinski definition) is 3. The molecule has 0 spiro atoms. The van der Waals surface area contributed by atoms with Crippen molar-refractivity contribution in [3.05, 3.63) is 23.3 Å². The summed E-state index contributed by atoms with van der Waals surface area (Å²) in [6.07, 6.45) is 2.20. The molecule has 0 unspecified atom stereocenters. The summed E-state index contributed by atoms with van der Waals surface area (Å²) in [6.45, 7) is 2.14. The minimum Gasteiger partial charge on any atom is -0.397 e. The monoisotopic (exact) mass is 205 g/mol. The van der Waals surface area contributed by atoms with E-state index in [9.17, 15) is 0 Å². The third-order valence-electron chi connectivity index (χ3n) is 2.97. The molecule has 1 aromatic carbocycles. The fraction of sp³-hybridized carbons (Fsp3) is 0.500. The van der Waals surface area contributed by atoms with E-state index in [1.54, 1.807) is 0 Å². The Labute approximate surface area is 91.3 Å². The number of nitrogen functional groups attached to an aromatic ring is 1. The first-order valence-electron chi connectivity index (χ1n) is 5.48. The van der Waals surface area contributed by atoms with Crippen LogP contribution in [0.5, 0.6) is 0 Å². The molecule has 0 radical (unpaired) electrons. The van der Waals surface area contributed by atoms with Crippen molar-refractivity contribution in [2.24, 2.45) is 0 Å². The van der Waals surface area contributed by atoms with E-state index < -0.39 is 0 Å². The number of anilines is 2. The van der Waals surface area contributed by atoms with Gasteiger partial charge in [-0.1, -0.05) is 0 Å². The number of benzene rings is 1. The predicted octanol–water partition coefficient (Wildman–Crippen LogP) is 1.02. The molecule has 3 nitrogen and oxygen atoms in total. The highest BCUT2D eigenvalue weighted by molar-refractivity contribution is 5.69. The van der Waals surface area contributed by atoms with Crippen LogP contribution in [0.1, 0.15) is 11.1 Å². The lowest BCUT2D eigenvalue weighted by Crippen LogP contribution is -2.16. The molecular formula is C12H19N3. The molecule has 3 heteroatoms. The van der Waals surface area contributed by atoms with Gasteiger partial charge in [-0.25, -0.2) is 0 Å². The molecular weight excluding hydrogens is 186 g/mol. The van der Waals surface area contributed by atoms with E-state index >= 15 is 0 Å². The summed E-state index contributed by atoms with van der Waals surface area (Å²) in [5.41, 5.74) is 10.9. The van der Waals surface area contributed by atoms with Gasteiger partial charge in [0.2, 0.25) is 0 Å². The van der Waals surface area contributed by atoms with Crippen LogP contribution in [-0.2, 0) is 12.8 Å². The second-order valence-electron chi connectivity index (χ2n) is 4.32. The maximum Gasteiger partial charge on any atom is 0.0597 e. The van der Waals surface area contributed by atoms with Crippen LogP contribution in [-0.4, -0.2) is 27.2 Å². The maximum atomic E-state index is 6.03. The molecule has 0 aliphatic carbocycles. The zero-order valence-corrected chi connectivity index (χ0v) is 9.51. The summed E-state index contributed by atoms with van der Waals surface area (Å²) < 4.78 is 0. The summed E-state index contributed by atoms with van der Waals surface area (Å²) in [5, 5.41) is 3.41. The maximum absolute atomic E-state index is 6.03. The van der Waals surface area contributed by atoms with E-state index in [0.29, 0.717) is 0 Å². The van der Waals surface area contributed by atoms with Crippen LogP contribution in [0.2, 0.25) is 0 Å². The fourth-order valence-corrected chi connectivity index (χ4v) is 2.12. The first-order chi connectivity index (χ1) is 7.18. The molecule has 1 aromatic rings. The van der Waals surface area contributed by atoms with Crippen molar-refractivity contribution < 1.29 is 0 Å². The lowest BCUT2D eigenvalue weighted by molar-refractivity contribution is 0.711. The minimum atomic E-state index is 0.889. The van der Waals surface area contributed by atoms with Gasteiger partial charge in [0.05, 0.1) is 11.4 Å². The highest BCUT2D eigenvalue weighted by Gasteiger charge is 2.11. The van der Waals surface area contributed by atoms with Gasteiger partial charge in [0.25, 0.3) is 0 Å². The second kappa shape index (κ2) is 4.11. The lowest BCUT2D eigenvalue weighted by Gasteiger charge is -2.18. The van der Waals surface area contributed by atoms with Crippen molar-refractivity contribution in [3.8, 4) is 0 Å². The average molecular weight is 205 g/mol. The van der Waals surface area contributed by atoms with Crippen LogP contribution in [0.4, 0.5) is 11.4 Å². The SMILES string of the molecule is CN(C)c1cc2c(cc1N)CCNCC2. The van der Waals surface area contributed by atoms with Crippen LogP contribution in [0.25, 0.3) is 0 Å². The van der Waals surface area contributed by atoms with Crippen molar-refractivity contribution in [2.75, 3.05) is 37.8 Å². The molecule has 0 saturated carbocycles. The fourth-order valence-electron chi connectivity index (χ4n) is 2.12. The summed E-state index contributed by atoms with van der Waals surface area (Å²) in [7, 11) is 4.07. The normalized spacial score (nSPS) is 15.6. The number of nitrogens with zero attached hydrogens (tertiary/aromatic N) is 1. The van der Waals surface area contributed by atoms with Gasteiger partial charge in [-0.3, -0.25) is 0 Å². The highest BCUT2D eigenvalue weighted by Crippen LogP contribution is 2.27. The van der Waals surface area contributed by atoms with Gasteiger partial charge < -0.3 is 16.0 Å². The Bertz CT molecular complexity index is 358. The van der Waals surface area contributed by atoms with Crippen LogP contribution < -0.4 is 16.0 Å². The molecule has 15 heavy (non-hydrogen) atoms. The zero-order chi connectivity index (χ0) is 10.8. The Morgan fingerprint density at radius 2 is 1.73 bits per heavy atom. The van der Waals surface area contributed by atoms with E-state index in [1.165, 1.54) is 11.1 Å². The molecule has 3 N–H and O–H groups in total. The van der Waals surface area contributed by atoms with E-state index in [-0.39, 0.29) is 0 Å². The minimum absolute atomic E-state index is 0.889. The first kappa shape index (κ1) is 10.3. The van der Waals surface area contributed by atoms with Crippen LogP contribution in [0.3, 0.4) is 0 Å². The Hall–Kier alpha value is -1.22. The van der Waals surface area contributed by atoms with Crippen molar-refractivity contribution >= 4 is 11.4 Å². The van der Waals surface area contributed by atoms with E-state index in [2.05, 4.69) is 22.3 Å². The van der Waals surface area contributed by atoms with E-state index in [1.807, 2.05) is 14.1 Å². The number of rotatable bonds is 1. The van der Waals surface area contributed by atoms with E-state index in [4.69, 9.17) is 5.73 Å². The molecule has 1 heterocycles. The predicted molar refractivity (Wildman–Crippen MR) is 65.5 cm³/mol. The highest BCUT2D eigenvalue weighted by atomic mass is 15.1. The van der Waals surface area contributed by atoms with Crippen LogP contribution in [0.15, 0.2) is 12.1 Å². The standard InChI is InChI=1S/C12H19N3/c1-15(2)12-8-10-4-6-14-5-3-9(10)7-11(12)13/h7-8,14H,3-6,13H2,1-2H3. The summed E-state index contributed by atoms with van der Waals surface area (Å²) in [5.74, 6) is 0. The van der Waals surface area contributed by atoms with E-state index in [0.717, 1.165) is 37.3 Å². The third kappa shape index (κ3) is 2.07. The van der Waals surface area contributed by atoms with Gasteiger partial charge in [0.15, 0.2) is 0 Å². The van der Waals surface area contributed by atoms with Gasteiger partial charge in [-0.05, 0) is 49.2 Å². The van der Waals surface area contributed by atoms with Crippen molar-refractivity contribution in [1.29, 1.82) is 0 Å². The van der Waals surface area contributed by atoms with Gasteiger partial charge in [0, 0.05) is 14.1 Å². The summed E-state index contributed by atoms with van der Waals surface area (Å²) in [4.78, 5) is 2.08. The lowest BCUT2D eigenvalue weighted by atomic mass is 10.0. The van der Waals surface area contributed by atoms with Gasteiger partial charge in [-0.15, -0.1) is 0 Å². The number of fused-ring (bicyclic) bond motifs is 1. The topological polar surface area (TPSA) is 41.3 Å². The summed E-state index contributed by atoms with van der Waals surface area (Å²) >= 11 is 0. The Balaban J connectivity index is 2.42. The smallest absolute Gasteiger partial charge is 0.0597 e. The molecule has 2 rings (SSSR count). The number of nitrogens with one attached hydrogen (secondary N) is 1. The molecule has 0 atom stereocenters. The quantitative estimate of drug-likeness (QED) is 0.673. The molecule has 0 amide bonds. The second-order valence-corrected chi connectivity index (χ2v) is 4.32. The first-order valence-corrected chi connectivity index (χ1v) is 5.48. The Kier molecular flexibility index (Phi) is 2.82. The largest absolute Gasteiger partial charge is 0.397 e. The van der Waals surface area contributed by atoms with Gasteiger partial charge in [0.1, 0.15) is 0 Å². The molecule has 1 aliphatic heterocycles. The van der Waals surface area contributed by atoms with Crippen LogP contribution in [0, 0.1) is 0 Å². The molecule has 0 saturated heterocycles. The number of hydrogen-bond donors (Lipinski definition) is 2. The molecule has 1 aliphatic rings. The Morgan fingerprint density at radius 1 is 1.13 bits per heavy atom. The average Bonchev–Trinajstić information content (AvgIpc) is 2.40. The molecule has 0 aromatic heterocycles. The third-order valence-corrected chi connectivity index (χ3v) is 2.97. The van der Waals surface area contributed by atoms with Gasteiger partial charge >= 0.3 is 0 Å². The Morgan fingerprint density at radius 3 is 2.33 bits per heavy atom.